The van der Waals surface area contributed by atoms with E-state index in [1.54, 1.807) is 53.4 Å². The molecule has 57 heavy (non-hydrogen) atoms. The number of carboxylic acid groups (broad SMARTS) is 1. The molecule has 322 valence electrons. The second-order valence-corrected chi connectivity index (χ2v) is 22.5. The minimum absolute atomic E-state index is 0. The zero-order chi connectivity index (χ0) is 41.4. The van der Waals surface area contributed by atoms with Gasteiger partial charge in [0.25, 0.3) is 29.1 Å². The smallest absolute Gasteiger partial charge is 0.310 e. The Hall–Kier alpha value is -2.47. The molecule has 3 atom stereocenters. The lowest BCUT2D eigenvalue weighted by atomic mass is 10.0. The molecule has 0 spiro atoms. The summed E-state index contributed by atoms with van der Waals surface area (Å²) in [6.07, 6.45) is 4.59. The number of thiophene rings is 3. The summed E-state index contributed by atoms with van der Waals surface area (Å²) in [4.78, 5) is 33.7. The van der Waals surface area contributed by atoms with Gasteiger partial charge in [0.15, 0.2) is 0 Å². The van der Waals surface area contributed by atoms with Gasteiger partial charge in [-0.25, -0.2) is 25.3 Å². The molecule has 3 fully saturated rings. The molecule has 3 aromatic heterocycles. The normalized spacial score (nSPS) is 20.4. The van der Waals surface area contributed by atoms with Crippen LogP contribution in [-0.4, -0.2) is 109 Å². The number of aliphatic carboxylic acids is 1. The Kier molecular flexibility index (Phi) is 21.8. The predicted octanol–water partition coefficient (Wildman–Crippen LogP) is 5.81. The first-order chi connectivity index (χ1) is 26.5. The molecule has 15 nitrogen and oxygen atoms in total. The summed E-state index contributed by atoms with van der Waals surface area (Å²) in [5.41, 5.74) is 0. The molecule has 0 saturated carbocycles. The van der Waals surface area contributed by atoms with Gasteiger partial charge in [-0.3, -0.25) is 14.4 Å². The Morgan fingerprint density at radius 1 is 0.719 bits per heavy atom. The fraction of sp³-hybridized carbons (Fsp3) is 0.571. The van der Waals surface area contributed by atoms with Gasteiger partial charge in [-0.05, 0) is 93.3 Å². The van der Waals surface area contributed by atoms with Crippen LogP contribution in [0.25, 0.3) is 0 Å². The average molecular weight is 935 g/mol. The number of sulfonamides is 2. The molecule has 0 aliphatic carbocycles. The van der Waals surface area contributed by atoms with Gasteiger partial charge in [0, 0.05) is 43.4 Å². The number of carboxylic acids is 1. The number of nitrogens with zero attached hydrogens (tertiary/aromatic N) is 2. The minimum Gasteiger partial charge on any atom is -0.481 e. The van der Waals surface area contributed by atoms with Gasteiger partial charge in [-0.15, -0.1) is 34.0 Å². The van der Waals surface area contributed by atoms with Gasteiger partial charge in [0.2, 0.25) is 0 Å². The van der Waals surface area contributed by atoms with Crippen molar-refractivity contribution in [2.45, 2.75) is 72.4 Å². The number of ether oxygens (including phenoxy) is 2. The number of halogens is 1. The molecule has 3 aliphatic rings. The van der Waals surface area contributed by atoms with Crippen LogP contribution < -0.4 is 5.32 Å². The number of hydrogen-bond donors (Lipinski definition) is 2. The number of carbonyl (C=O) groups is 3. The highest BCUT2D eigenvalue weighted by atomic mass is 35.7. The van der Waals surface area contributed by atoms with E-state index in [0.717, 1.165) is 48.6 Å². The van der Waals surface area contributed by atoms with Gasteiger partial charge in [0.05, 0.1) is 31.0 Å². The molecule has 0 amide bonds. The van der Waals surface area contributed by atoms with Crippen LogP contribution in [0.3, 0.4) is 0 Å². The Morgan fingerprint density at radius 3 is 1.51 bits per heavy atom. The van der Waals surface area contributed by atoms with Gasteiger partial charge in [-0.1, -0.05) is 25.6 Å². The van der Waals surface area contributed by atoms with Crippen LogP contribution in [-0.2, 0) is 53.0 Å². The topological polar surface area (TPSA) is 211 Å². The number of piperidine rings is 3. The third kappa shape index (κ3) is 15.9. The van der Waals surface area contributed by atoms with E-state index in [-0.39, 0.29) is 52.7 Å². The van der Waals surface area contributed by atoms with Crippen molar-refractivity contribution in [3.05, 3.63) is 52.5 Å². The number of nitrogens with one attached hydrogen (secondary N) is 1. The van der Waals surface area contributed by atoms with E-state index in [2.05, 4.69) is 5.32 Å². The Bertz CT molecular complexity index is 1970. The molecule has 0 unspecified atom stereocenters. The van der Waals surface area contributed by atoms with Crippen LogP contribution >= 0.6 is 44.7 Å². The second-order valence-electron chi connectivity index (χ2n) is 12.5. The summed E-state index contributed by atoms with van der Waals surface area (Å²) in [6, 6.07) is 9.63. The first kappa shape index (κ1) is 50.7. The maximum absolute atomic E-state index is 12.4. The highest BCUT2D eigenvalue weighted by Crippen LogP contribution is 2.28. The zero-order valence-corrected chi connectivity index (χ0v) is 36.6. The third-order valence-electron chi connectivity index (χ3n) is 8.57. The Morgan fingerprint density at radius 2 is 1.14 bits per heavy atom. The van der Waals surface area contributed by atoms with E-state index in [1.165, 1.54) is 26.0 Å². The van der Waals surface area contributed by atoms with E-state index in [0.29, 0.717) is 56.2 Å². The summed E-state index contributed by atoms with van der Waals surface area (Å²) in [5, 5.41) is 17.2. The zero-order valence-electron chi connectivity index (χ0n) is 31.0. The van der Waals surface area contributed by atoms with E-state index in [9.17, 15) is 39.6 Å². The van der Waals surface area contributed by atoms with Crippen molar-refractivity contribution in [1.82, 2.24) is 13.9 Å². The van der Waals surface area contributed by atoms with Crippen LogP contribution in [0.1, 0.15) is 59.8 Å². The maximum atomic E-state index is 12.4. The molecular formula is C35H52ClN3O12S6. The summed E-state index contributed by atoms with van der Waals surface area (Å²) in [7, 11) is -5.44. The maximum Gasteiger partial charge on any atom is 0.310 e. The first-order valence-corrected chi connectivity index (χ1v) is 25.7. The van der Waals surface area contributed by atoms with Crippen molar-refractivity contribution in [2.75, 3.05) is 52.5 Å². The number of rotatable bonds is 10. The molecule has 22 heteroatoms. The van der Waals surface area contributed by atoms with Crippen molar-refractivity contribution in [3.63, 3.8) is 0 Å². The van der Waals surface area contributed by atoms with Crippen LogP contribution in [0.15, 0.2) is 65.2 Å². The number of esters is 2. The van der Waals surface area contributed by atoms with Gasteiger partial charge < -0.3 is 19.9 Å². The van der Waals surface area contributed by atoms with Crippen molar-refractivity contribution in [2.24, 2.45) is 17.8 Å². The number of hydrogen-bond acceptors (Lipinski definition) is 15. The molecular weight excluding hydrogens is 882 g/mol. The van der Waals surface area contributed by atoms with Crippen LogP contribution in [0.5, 0.6) is 0 Å². The fourth-order valence-corrected chi connectivity index (χ4v) is 12.9. The van der Waals surface area contributed by atoms with Gasteiger partial charge in [-0.2, -0.15) is 8.61 Å². The van der Waals surface area contributed by atoms with Crippen LogP contribution in [0.2, 0.25) is 0 Å². The molecule has 3 aliphatic heterocycles. The molecule has 6 rings (SSSR count). The van der Waals surface area contributed by atoms with Gasteiger partial charge >= 0.3 is 17.9 Å². The predicted molar refractivity (Wildman–Crippen MR) is 222 cm³/mol. The Labute approximate surface area is 352 Å². The van der Waals surface area contributed by atoms with Crippen molar-refractivity contribution >= 4 is 91.7 Å². The monoisotopic (exact) mass is 933 g/mol. The lowest BCUT2D eigenvalue weighted by Crippen LogP contribution is -2.42. The first-order valence-electron chi connectivity index (χ1n) is 17.8. The van der Waals surface area contributed by atoms with E-state index in [4.69, 9.17) is 25.3 Å². The molecule has 0 bridgehead atoms. The summed E-state index contributed by atoms with van der Waals surface area (Å²) in [6.45, 7) is 7.42. The largest absolute Gasteiger partial charge is 0.481 e. The minimum atomic E-state index is -3.50. The van der Waals surface area contributed by atoms with Crippen molar-refractivity contribution in [1.29, 1.82) is 0 Å². The summed E-state index contributed by atoms with van der Waals surface area (Å²) < 4.78 is 83.3. The SMILES string of the molecule is C.CCOC(=O)[C@H]1CCCN(S(=O)(=O)c2cccs2)C1.CCOC(=O)[C@H]1CCCNC1.O=C(O)[C@H]1CCCN(S(=O)(=O)c2cccs2)C1.O=S(=O)(Cl)c1cccs1. The lowest BCUT2D eigenvalue weighted by Gasteiger charge is -2.30. The fourth-order valence-electron chi connectivity index (χ4n) is 5.77. The van der Waals surface area contributed by atoms with Crippen LogP contribution in [0, 0.1) is 17.8 Å². The summed E-state index contributed by atoms with van der Waals surface area (Å²) >= 11 is 3.46. The van der Waals surface area contributed by atoms with Gasteiger partial charge in [0.1, 0.15) is 12.6 Å². The Balaban J connectivity index is 0.000000271. The molecule has 0 aromatic carbocycles. The van der Waals surface area contributed by atoms with E-state index >= 15 is 0 Å². The second kappa shape index (κ2) is 24.6. The number of carbonyl (C=O) groups excluding carboxylic acids is 2. The standard InChI is InChI=1S/C12H17NO4S2.C10H13NO4S2.C8H15NO2.C4H3ClO2S2.CH4/c1-2-17-12(14)10-5-3-7-13(9-10)19(15,16)11-6-4-8-18-11;12-10(13)8-3-1-5-11(7-8)17(14,15)9-4-2-6-16-9;1-2-11-8(10)7-4-3-5-9-6-7;5-9(6,7)4-2-1-3-8-4;/h4,6,8,10H,2-3,5,7,9H2,1H3;2,4,6,8H,1,3,5,7H2,(H,12,13);7,9H,2-6H2,1H3;1-3H;1H4/t10-;8-;7-;;/m000../s1. The molecule has 2 N–H and O–H groups in total. The molecule has 0 radical (unpaired) electrons. The van der Waals surface area contributed by atoms with E-state index in [1.807, 2.05) is 6.92 Å². The van der Waals surface area contributed by atoms with Crippen molar-refractivity contribution < 1.29 is 54.2 Å². The third-order valence-corrected chi connectivity index (χ3v) is 18.0. The summed E-state index contributed by atoms with van der Waals surface area (Å²) in [5.74, 6) is -2.09. The molecule has 3 saturated heterocycles. The van der Waals surface area contributed by atoms with Crippen molar-refractivity contribution in [3.8, 4) is 0 Å². The molecule has 6 heterocycles. The highest BCUT2D eigenvalue weighted by Gasteiger charge is 2.35. The van der Waals surface area contributed by atoms with E-state index < -0.39 is 41.0 Å². The quantitative estimate of drug-likeness (QED) is 0.182. The van der Waals surface area contributed by atoms with Crippen LogP contribution in [0.4, 0.5) is 0 Å². The average Bonchev–Trinajstić information content (AvgIpc) is 4.02. The molecule has 3 aromatic rings. The lowest BCUT2D eigenvalue weighted by molar-refractivity contribution is -0.149. The highest BCUT2D eigenvalue weighted by molar-refractivity contribution is 8.15.